The number of hydrazine groups is 1. The molecule has 2 heterocycles. The van der Waals surface area contributed by atoms with Crippen LogP contribution in [0.5, 0.6) is 11.5 Å². The van der Waals surface area contributed by atoms with Crippen molar-refractivity contribution in [2.24, 2.45) is 0 Å². The molecule has 2 aliphatic rings. The minimum atomic E-state index is -4.73. The third-order valence-electron chi connectivity index (χ3n) is 7.96. The monoisotopic (exact) mass is 617 g/mol. The first kappa shape index (κ1) is 30.8. The molecule has 0 spiro atoms. The molecule has 1 atom stereocenters. The van der Waals surface area contributed by atoms with Gasteiger partial charge in [0.2, 0.25) is 0 Å². The number of ether oxygens (including phenoxy) is 2. The molecule has 5 rings (SSSR count). The Labute approximate surface area is 249 Å². The smallest absolute Gasteiger partial charge is 0.416 e. The molecule has 13 heteroatoms. The number of nitrogens with one attached hydrogen (secondary N) is 1. The van der Waals surface area contributed by atoms with E-state index in [2.05, 4.69) is 5.32 Å². The highest BCUT2D eigenvalue weighted by atomic mass is 19.4. The van der Waals surface area contributed by atoms with Gasteiger partial charge in [-0.05, 0) is 50.1 Å². The van der Waals surface area contributed by atoms with Gasteiger partial charge in [-0.1, -0.05) is 24.3 Å². The normalized spacial score (nSPS) is 18.8. The van der Waals surface area contributed by atoms with Crippen LogP contribution in [-0.2, 0) is 22.3 Å². The van der Waals surface area contributed by atoms with Gasteiger partial charge in [-0.15, -0.1) is 0 Å². The van der Waals surface area contributed by atoms with Crippen molar-refractivity contribution in [1.82, 2.24) is 10.0 Å². The highest BCUT2D eigenvalue weighted by Crippen LogP contribution is 2.45. The maximum Gasteiger partial charge on any atom is 0.416 e. The third-order valence-corrected chi connectivity index (χ3v) is 7.96. The summed E-state index contributed by atoms with van der Waals surface area (Å²) < 4.78 is 80.5. The van der Waals surface area contributed by atoms with Crippen molar-refractivity contribution in [1.29, 1.82) is 0 Å². The molecule has 1 saturated heterocycles. The van der Waals surface area contributed by atoms with Gasteiger partial charge < -0.3 is 19.9 Å². The molecule has 3 aromatic rings. The van der Waals surface area contributed by atoms with Gasteiger partial charge in [0.1, 0.15) is 11.3 Å². The molecule has 0 unspecified atom stereocenters. The fourth-order valence-corrected chi connectivity index (χ4v) is 5.72. The summed E-state index contributed by atoms with van der Waals surface area (Å²) in [6.45, 7) is 1.46. The van der Waals surface area contributed by atoms with Crippen molar-refractivity contribution < 1.29 is 46.1 Å². The van der Waals surface area contributed by atoms with Gasteiger partial charge in [0.15, 0.2) is 23.1 Å². The Morgan fingerprint density at radius 3 is 2.45 bits per heavy atom. The Morgan fingerprint density at radius 1 is 1.05 bits per heavy atom. The van der Waals surface area contributed by atoms with Gasteiger partial charge in [0, 0.05) is 28.9 Å². The summed E-state index contributed by atoms with van der Waals surface area (Å²) in [6.07, 6.45) is -3.88. The number of benzene rings is 3. The number of aliphatic hydroxyl groups is 1. The van der Waals surface area contributed by atoms with E-state index in [0.717, 1.165) is 29.3 Å². The van der Waals surface area contributed by atoms with Crippen LogP contribution >= 0.6 is 0 Å². The average Bonchev–Trinajstić information content (AvgIpc) is 3.39. The van der Waals surface area contributed by atoms with Gasteiger partial charge in [-0.25, -0.2) is 13.8 Å². The summed E-state index contributed by atoms with van der Waals surface area (Å²) in [5.74, 6) is -4.60. The number of nitrogens with zero attached hydrogens (tertiary/aromatic N) is 2. The Bertz CT molecular complexity index is 1670. The molecule has 2 N–H and O–H groups in total. The van der Waals surface area contributed by atoms with Gasteiger partial charge in [0.25, 0.3) is 11.8 Å². The van der Waals surface area contributed by atoms with E-state index in [1.165, 1.54) is 43.5 Å². The topological polar surface area (TPSA) is 91.3 Å². The maximum absolute atomic E-state index is 14.6. The largest absolute Gasteiger partial charge is 0.509 e. The number of carbonyl (C=O) groups is 2. The molecule has 232 valence electrons. The average molecular weight is 618 g/mol. The lowest BCUT2D eigenvalue weighted by atomic mass is 9.90. The number of halogens is 5. The van der Waals surface area contributed by atoms with Crippen LogP contribution in [-0.4, -0.2) is 53.2 Å². The molecule has 2 amide bonds. The van der Waals surface area contributed by atoms with Gasteiger partial charge in [-0.3, -0.25) is 14.6 Å². The number of aliphatic hydroxyl groups excluding tert-OH is 1. The van der Waals surface area contributed by atoms with E-state index < -0.39 is 58.6 Å². The highest BCUT2D eigenvalue weighted by Gasteiger charge is 2.52. The summed E-state index contributed by atoms with van der Waals surface area (Å²) in [5.41, 5.74) is -3.13. The summed E-state index contributed by atoms with van der Waals surface area (Å²) in [7, 11) is 2.66. The van der Waals surface area contributed by atoms with Crippen molar-refractivity contribution in [3.63, 3.8) is 0 Å². The van der Waals surface area contributed by atoms with Gasteiger partial charge in [0.05, 0.1) is 31.9 Å². The summed E-state index contributed by atoms with van der Waals surface area (Å²) in [4.78, 5) is 27.6. The van der Waals surface area contributed by atoms with E-state index in [1.807, 2.05) is 0 Å². The SMILES string of the molecule is COc1cccc(-c2cc(C(F)(F)F)ccc2NC(=O)C2=C(O)[C@@]3(C)CCCN3N(Cc3cccc(F)c3F)C2=O)c1OC. The summed E-state index contributed by atoms with van der Waals surface area (Å²) in [6, 6.07) is 10.7. The Kier molecular flexibility index (Phi) is 8.02. The second-order valence-corrected chi connectivity index (χ2v) is 10.6. The number of fused-ring (bicyclic) bond motifs is 1. The van der Waals surface area contributed by atoms with Crippen LogP contribution in [0.2, 0.25) is 0 Å². The summed E-state index contributed by atoms with van der Waals surface area (Å²) >= 11 is 0. The molecular formula is C31H28F5N3O5. The van der Waals surface area contributed by atoms with Crippen molar-refractivity contribution in [2.45, 2.75) is 38.0 Å². The Balaban J connectivity index is 1.59. The standard InChI is InChI=1S/C31H28F5N3O5/c1-30-13-6-14-39(30)38(16-17-7-4-9-21(32)25(17)33)29(42)24(27(30)40)28(41)37-22-12-11-18(31(34,35)36)15-20(22)19-8-5-10-23(43-2)26(19)44-3/h4-5,7-12,15,40H,6,13-14,16H2,1-3H3,(H,37,41)/t30-/m1/s1. The predicted molar refractivity (Wildman–Crippen MR) is 150 cm³/mol. The lowest BCUT2D eigenvalue weighted by Gasteiger charge is -2.46. The molecular weight excluding hydrogens is 589 g/mol. The molecule has 3 aromatic carbocycles. The number of hydrogen-bond acceptors (Lipinski definition) is 6. The van der Waals surface area contributed by atoms with E-state index in [0.29, 0.717) is 12.8 Å². The van der Waals surface area contributed by atoms with Crippen LogP contribution < -0.4 is 14.8 Å². The number of para-hydroxylation sites is 1. The lowest BCUT2D eigenvalue weighted by molar-refractivity contribution is -0.160. The molecule has 0 aliphatic carbocycles. The van der Waals surface area contributed by atoms with Crippen molar-refractivity contribution >= 4 is 17.5 Å². The minimum Gasteiger partial charge on any atom is -0.509 e. The molecule has 2 aliphatic heterocycles. The molecule has 0 saturated carbocycles. The van der Waals surface area contributed by atoms with Crippen molar-refractivity contribution in [3.05, 3.63) is 88.7 Å². The van der Waals surface area contributed by atoms with Crippen LogP contribution in [0.4, 0.5) is 27.6 Å². The molecule has 0 radical (unpaired) electrons. The predicted octanol–water partition coefficient (Wildman–Crippen LogP) is 6.23. The van der Waals surface area contributed by atoms with Crippen LogP contribution in [0.25, 0.3) is 11.1 Å². The lowest BCUT2D eigenvalue weighted by Crippen LogP contribution is -2.60. The van der Waals surface area contributed by atoms with Crippen molar-refractivity contribution in [3.8, 4) is 22.6 Å². The highest BCUT2D eigenvalue weighted by molar-refractivity contribution is 6.24. The van der Waals surface area contributed by atoms with Crippen LogP contribution in [0.1, 0.15) is 30.9 Å². The number of hydrogen-bond donors (Lipinski definition) is 2. The summed E-state index contributed by atoms with van der Waals surface area (Å²) in [5, 5.41) is 16.4. The fraction of sp³-hybridized carbons (Fsp3) is 0.290. The first-order valence-corrected chi connectivity index (χ1v) is 13.5. The number of rotatable bonds is 7. The van der Waals surface area contributed by atoms with Crippen LogP contribution in [0, 0.1) is 11.6 Å². The molecule has 8 nitrogen and oxygen atoms in total. The molecule has 1 fully saturated rings. The second kappa shape index (κ2) is 11.5. The first-order valence-electron chi connectivity index (χ1n) is 13.5. The van der Waals surface area contributed by atoms with Crippen LogP contribution in [0.3, 0.4) is 0 Å². The number of amides is 2. The minimum absolute atomic E-state index is 0.0954. The van der Waals surface area contributed by atoms with E-state index in [-0.39, 0.29) is 40.4 Å². The second-order valence-electron chi connectivity index (χ2n) is 10.6. The van der Waals surface area contributed by atoms with Crippen LogP contribution in [0.15, 0.2) is 65.9 Å². The number of anilines is 1. The van der Waals surface area contributed by atoms with Crippen molar-refractivity contribution in [2.75, 3.05) is 26.1 Å². The van der Waals surface area contributed by atoms with Gasteiger partial charge in [-0.2, -0.15) is 13.2 Å². The number of carbonyl (C=O) groups excluding carboxylic acids is 2. The molecule has 44 heavy (non-hydrogen) atoms. The Morgan fingerprint density at radius 2 is 1.77 bits per heavy atom. The fourth-order valence-electron chi connectivity index (χ4n) is 5.72. The molecule has 0 aromatic heterocycles. The Hall–Kier alpha value is -4.65. The van der Waals surface area contributed by atoms with E-state index >= 15 is 0 Å². The van der Waals surface area contributed by atoms with E-state index in [1.54, 1.807) is 13.0 Å². The zero-order valence-corrected chi connectivity index (χ0v) is 23.9. The zero-order valence-electron chi connectivity index (χ0n) is 23.9. The van der Waals surface area contributed by atoms with Gasteiger partial charge >= 0.3 is 6.18 Å². The van der Waals surface area contributed by atoms with E-state index in [9.17, 15) is 36.6 Å². The maximum atomic E-state index is 14.6. The third kappa shape index (κ3) is 5.21. The quantitative estimate of drug-likeness (QED) is 0.241. The zero-order chi connectivity index (χ0) is 32.0. The number of alkyl halides is 3. The first-order chi connectivity index (χ1) is 20.8. The molecule has 0 bridgehead atoms. The number of methoxy groups -OCH3 is 2. The van der Waals surface area contributed by atoms with E-state index in [4.69, 9.17) is 9.47 Å².